The largest absolute Gasteiger partial charge is 0.351 e. The van der Waals surface area contributed by atoms with Crippen LogP contribution in [0.1, 0.15) is 62.5 Å². The molecule has 1 aliphatic heterocycles. The molecule has 0 spiro atoms. The summed E-state index contributed by atoms with van der Waals surface area (Å²) in [5.74, 6) is 0.958. The van der Waals surface area contributed by atoms with Crippen LogP contribution in [0.2, 0.25) is 0 Å². The van der Waals surface area contributed by atoms with E-state index in [4.69, 9.17) is 0 Å². The number of thiophene rings is 1. The lowest BCUT2D eigenvalue weighted by Gasteiger charge is -2.47. The van der Waals surface area contributed by atoms with Gasteiger partial charge in [-0.25, -0.2) is 0 Å². The second kappa shape index (κ2) is 8.64. The predicted molar refractivity (Wildman–Crippen MR) is 133 cm³/mol. The van der Waals surface area contributed by atoms with E-state index >= 15 is 0 Å². The fourth-order valence-electron chi connectivity index (χ4n) is 5.74. The highest BCUT2D eigenvalue weighted by Gasteiger charge is 2.50. The van der Waals surface area contributed by atoms with E-state index in [0.29, 0.717) is 37.0 Å². The van der Waals surface area contributed by atoms with Gasteiger partial charge in [0.25, 0.3) is 5.91 Å². The molecule has 0 radical (unpaired) electrons. The Labute approximate surface area is 199 Å². The van der Waals surface area contributed by atoms with Gasteiger partial charge in [-0.05, 0) is 47.8 Å². The lowest BCUT2D eigenvalue weighted by molar-refractivity contribution is -0.136. The molecule has 4 unspecified atom stereocenters. The average Bonchev–Trinajstić information content (AvgIpc) is 3.41. The number of carbonyl (C=O) groups is 2. The fourth-order valence-corrected chi connectivity index (χ4v) is 6.56. The number of hydrogen-bond acceptors (Lipinski definition) is 3. The van der Waals surface area contributed by atoms with Crippen molar-refractivity contribution < 1.29 is 9.59 Å². The van der Waals surface area contributed by atoms with E-state index in [0.717, 1.165) is 28.6 Å². The van der Waals surface area contributed by atoms with Crippen LogP contribution in [0.15, 0.2) is 47.8 Å². The molecule has 5 rings (SSSR count). The van der Waals surface area contributed by atoms with E-state index in [9.17, 15) is 9.59 Å². The van der Waals surface area contributed by atoms with E-state index < -0.39 is 5.54 Å². The standard InChI is InChI=1S/C27H33N3O2S/c1-4-27(26(32)28-21-12-8-9-18(2)19(21)3)17-29-22-13-14-33-24(22)15-23(29)25(31)30(27)16-20-10-6-5-7-11-20/h5-7,10-11,13-15,18-19,21H,4,8-9,12,16-17H2,1-3H3,(H,28,32). The number of carbonyl (C=O) groups excluding carboxylic acids is 2. The lowest BCUT2D eigenvalue weighted by atomic mass is 9.77. The van der Waals surface area contributed by atoms with Gasteiger partial charge in [-0.2, -0.15) is 0 Å². The molecule has 0 bridgehead atoms. The molecular formula is C27H33N3O2S. The van der Waals surface area contributed by atoms with Crippen LogP contribution in [0, 0.1) is 11.8 Å². The average molecular weight is 464 g/mol. The van der Waals surface area contributed by atoms with Gasteiger partial charge in [-0.15, -0.1) is 11.3 Å². The summed E-state index contributed by atoms with van der Waals surface area (Å²) in [4.78, 5) is 29.9. The van der Waals surface area contributed by atoms with Gasteiger partial charge in [-0.1, -0.05) is 63.9 Å². The summed E-state index contributed by atoms with van der Waals surface area (Å²) in [6.45, 7) is 7.48. The Morgan fingerprint density at radius 2 is 1.97 bits per heavy atom. The molecule has 1 fully saturated rings. The number of rotatable bonds is 5. The van der Waals surface area contributed by atoms with Crippen molar-refractivity contribution in [1.82, 2.24) is 14.8 Å². The molecule has 1 N–H and O–H groups in total. The third-order valence-corrected chi connectivity index (χ3v) is 8.99. The van der Waals surface area contributed by atoms with Gasteiger partial charge in [0, 0.05) is 12.6 Å². The number of aromatic nitrogens is 1. The molecule has 2 amide bonds. The summed E-state index contributed by atoms with van der Waals surface area (Å²) in [6.07, 6.45) is 3.93. The van der Waals surface area contributed by atoms with Gasteiger partial charge < -0.3 is 14.8 Å². The molecule has 1 aromatic carbocycles. The summed E-state index contributed by atoms with van der Waals surface area (Å²) in [5, 5.41) is 5.47. The minimum atomic E-state index is -0.922. The highest BCUT2D eigenvalue weighted by Crippen LogP contribution is 2.38. The maximum absolute atomic E-state index is 14.1. The minimum Gasteiger partial charge on any atom is -0.351 e. The molecular weight excluding hydrogens is 430 g/mol. The number of fused-ring (bicyclic) bond motifs is 3. The van der Waals surface area contributed by atoms with E-state index in [-0.39, 0.29) is 17.9 Å². The topological polar surface area (TPSA) is 54.3 Å². The van der Waals surface area contributed by atoms with Crippen LogP contribution < -0.4 is 5.32 Å². The van der Waals surface area contributed by atoms with Crippen LogP contribution in [-0.2, 0) is 17.9 Å². The van der Waals surface area contributed by atoms with Crippen LogP contribution in [0.5, 0.6) is 0 Å². The van der Waals surface area contributed by atoms with Crippen LogP contribution in [0.25, 0.3) is 10.2 Å². The zero-order chi connectivity index (χ0) is 23.2. The molecule has 2 aliphatic rings. The quantitative estimate of drug-likeness (QED) is 0.547. The van der Waals surface area contributed by atoms with Crippen LogP contribution in [-0.4, -0.2) is 32.9 Å². The molecule has 6 heteroatoms. The van der Waals surface area contributed by atoms with Gasteiger partial charge in [0.1, 0.15) is 11.2 Å². The van der Waals surface area contributed by atoms with Crippen LogP contribution in [0.4, 0.5) is 0 Å². The Balaban J connectivity index is 1.56. The fraction of sp³-hybridized carbons (Fsp3) is 0.481. The summed E-state index contributed by atoms with van der Waals surface area (Å²) < 4.78 is 3.17. The Morgan fingerprint density at radius 1 is 1.18 bits per heavy atom. The zero-order valence-corrected chi connectivity index (χ0v) is 20.5. The Kier molecular flexibility index (Phi) is 5.81. The van der Waals surface area contributed by atoms with Gasteiger partial charge in [0.2, 0.25) is 5.91 Å². The van der Waals surface area contributed by atoms with Crippen molar-refractivity contribution in [3.05, 3.63) is 59.1 Å². The second-order valence-electron chi connectivity index (χ2n) is 9.90. The van der Waals surface area contributed by atoms with Crippen molar-refractivity contribution >= 4 is 33.4 Å². The molecule has 174 valence electrons. The van der Waals surface area contributed by atoms with Gasteiger partial charge >= 0.3 is 0 Å². The van der Waals surface area contributed by atoms with Crippen molar-refractivity contribution in [1.29, 1.82) is 0 Å². The summed E-state index contributed by atoms with van der Waals surface area (Å²) in [6, 6.07) is 14.2. The van der Waals surface area contributed by atoms with Crippen LogP contribution in [0.3, 0.4) is 0 Å². The molecule has 1 saturated carbocycles. The molecule has 0 saturated heterocycles. The van der Waals surface area contributed by atoms with Gasteiger partial charge in [0.15, 0.2) is 0 Å². The molecule has 4 atom stereocenters. The maximum atomic E-state index is 14.1. The lowest BCUT2D eigenvalue weighted by Crippen LogP contribution is -2.66. The van der Waals surface area contributed by atoms with E-state index in [1.807, 2.05) is 48.2 Å². The monoisotopic (exact) mass is 463 g/mol. The Bertz CT molecular complexity index is 1170. The Hall–Kier alpha value is -2.60. The van der Waals surface area contributed by atoms with Crippen molar-refractivity contribution in [2.75, 3.05) is 0 Å². The first-order valence-electron chi connectivity index (χ1n) is 12.2. The number of amides is 2. The van der Waals surface area contributed by atoms with Crippen molar-refractivity contribution in [3.8, 4) is 0 Å². The number of nitrogens with zero attached hydrogens (tertiary/aromatic N) is 2. The van der Waals surface area contributed by atoms with Crippen molar-refractivity contribution in [2.45, 2.75) is 71.1 Å². The van der Waals surface area contributed by atoms with Gasteiger partial charge in [-0.3, -0.25) is 9.59 Å². The highest BCUT2D eigenvalue weighted by atomic mass is 32.1. The number of hydrogen-bond donors (Lipinski definition) is 1. The van der Waals surface area contributed by atoms with E-state index in [1.165, 1.54) is 6.42 Å². The third kappa shape index (κ3) is 3.68. The molecule has 1 aliphatic carbocycles. The smallest absolute Gasteiger partial charge is 0.271 e. The summed E-state index contributed by atoms with van der Waals surface area (Å²) >= 11 is 1.64. The number of benzene rings is 1. The first-order valence-corrected chi connectivity index (χ1v) is 13.1. The second-order valence-corrected chi connectivity index (χ2v) is 10.8. The molecule has 3 aromatic rings. The summed E-state index contributed by atoms with van der Waals surface area (Å²) in [7, 11) is 0. The SMILES string of the molecule is CCC1(C(=O)NC2CCCC(C)C2C)Cn2c(cc3sccc32)C(=O)N1Cc1ccccc1. The molecule has 33 heavy (non-hydrogen) atoms. The zero-order valence-electron chi connectivity index (χ0n) is 19.7. The first-order chi connectivity index (χ1) is 15.9. The molecule has 2 aromatic heterocycles. The highest BCUT2D eigenvalue weighted by molar-refractivity contribution is 7.17. The van der Waals surface area contributed by atoms with Gasteiger partial charge in [0.05, 0.1) is 16.8 Å². The third-order valence-electron chi connectivity index (χ3n) is 8.14. The Morgan fingerprint density at radius 3 is 2.73 bits per heavy atom. The van der Waals surface area contributed by atoms with E-state index in [2.05, 4.69) is 35.2 Å². The van der Waals surface area contributed by atoms with Crippen molar-refractivity contribution in [2.24, 2.45) is 11.8 Å². The summed E-state index contributed by atoms with van der Waals surface area (Å²) in [5.41, 5.74) is 1.85. The maximum Gasteiger partial charge on any atom is 0.271 e. The van der Waals surface area contributed by atoms with Crippen molar-refractivity contribution in [3.63, 3.8) is 0 Å². The van der Waals surface area contributed by atoms with Crippen LogP contribution >= 0.6 is 11.3 Å². The minimum absolute atomic E-state index is 0.0111. The number of nitrogens with one attached hydrogen (secondary N) is 1. The van der Waals surface area contributed by atoms with E-state index in [1.54, 1.807) is 11.3 Å². The molecule has 3 heterocycles. The molecule has 5 nitrogen and oxygen atoms in total. The first kappa shape index (κ1) is 22.2. The predicted octanol–water partition coefficient (Wildman–Crippen LogP) is 5.45. The normalized spacial score (nSPS) is 27.5.